The summed E-state index contributed by atoms with van der Waals surface area (Å²) in [5.74, 6) is -0.103. The second-order valence-corrected chi connectivity index (χ2v) is 2.97. The molecule has 2 heteroatoms. The molecule has 0 saturated heterocycles. The molecule has 0 N–H and O–H groups in total. The van der Waals surface area contributed by atoms with Crippen molar-refractivity contribution in [1.29, 1.82) is 0 Å². The number of aliphatic imine (C=N–C) groups is 1. The third-order valence-electron chi connectivity index (χ3n) is 2.02. The second kappa shape index (κ2) is 3.52. The van der Waals surface area contributed by atoms with E-state index in [0.29, 0.717) is 18.5 Å². The van der Waals surface area contributed by atoms with E-state index in [4.69, 9.17) is 0 Å². The molecule has 0 amide bonds. The molecule has 0 aliphatic carbocycles. The number of nitrogens with zero attached hydrogens (tertiary/aromatic N) is 1. The first-order chi connectivity index (χ1) is 6.38. The molecular weight excluding hydrogens is 165 g/mol. The van der Waals surface area contributed by atoms with Crippen molar-refractivity contribution < 1.29 is 4.39 Å². The normalized spacial score (nSPS) is 16.4. The zero-order valence-corrected chi connectivity index (χ0v) is 7.20. The van der Waals surface area contributed by atoms with Crippen molar-refractivity contribution >= 4 is 11.9 Å². The van der Waals surface area contributed by atoms with Gasteiger partial charge in [0.15, 0.2) is 0 Å². The Hall–Kier alpha value is -1.44. The molecule has 1 aromatic rings. The lowest BCUT2D eigenvalue weighted by Crippen LogP contribution is -1.93. The highest BCUT2D eigenvalue weighted by Crippen LogP contribution is 2.26. The smallest absolute Gasteiger partial charge is 0.126 e. The summed E-state index contributed by atoms with van der Waals surface area (Å²) < 4.78 is 13.3. The minimum absolute atomic E-state index is 0.103. The summed E-state index contributed by atoms with van der Waals surface area (Å²) in [4.78, 5) is 4.06. The van der Waals surface area contributed by atoms with Crippen LogP contribution in [0.4, 0.5) is 4.39 Å². The Balaban J connectivity index is 2.41. The molecule has 0 aromatic heterocycles. The molecule has 66 valence electrons. The van der Waals surface area contributed by atoms with Gasteiger partial charge in [0.2, 0.25) is 0 Å². The Labute approximate surface area is 76.6 Å². The van der Waals surface area contributed by atoms with Gasteiger partial charge in [-0.25, -0.2) is 4.39 Å². The van der Waals surface area contributed by atoms with E-state index in [9.17, 15) is 4.39 Å². The molecule has 13 heavy (non-hydrogen) atoms. The summed E-state index contributed by atoms with van der Waals surface area (Å²) in [5, 5.41) is 0. The standard InChI is InChI=1S/C11H10FN/c12-10-7-4-8-13-11(10)9-5-2-1-3-6-9/h1-3,5-6,8H,4,7H2. The number of allylic oxidation sites excluding steroid dienone is 1. The SMILES string of the molecule is FC1=C(c2ccccc2)N=CCC1. The lowest BCUT2D eigenvalue weighted by atomic mass is 10.1. The van der Waals surface area contributed by atoms with Crippen LogP contribution in [0.3, 0.4) is 0 Å². The van der Waals surface area contributed by atoms with Gasteiger partial charge in [-0.2, -0.15) is 0 Å². The van der Waals surface area contributed by atoms with E-state index in [1.807, 2.05) is 30.3 Å². The minimum Gasteiger partial charge on any atom is -0.258 e. The predicted octanol–water partition coefficient (Wildman–Crippen LogP) is 3.19. The van der Waals surface area contributed by atoms with Crippen LogP contribution in [-0.2, 0) is 0 Å². The van der Waals surface area contributed by atoms with Crippen molar-refractivity contribution in [2.45, 2.75) is 12.8 Å². The van der Waals surface area contributed by atoms with Crippen LogP contribution in [0.15, 0.2) is 41.2 Å². The first-order valence-electron chi connectivity index (χ1n) is 4.34. The molecule has 0 atom stereocenters. The molecule has 0 bridgehead atoms. The van der Waals surface area contributed by atoms with Crippen LogP contribution >= 0.6 is 0 Å². The number of hydrogen-bond acceptors (Lipinski definition) is 1. The van der Waals surface area contributed by atoms with Crippen molar-refractivity contribution in [2.24, 2.45) is 4.99 Å². The van der Waals surface area contributed by atoms with Crippen molar-refractivity contribution in [2.75, 3.05) is 0 Å². The molecule has 0 saturated carbocycles. The van der Waals surface area contributed by atoms with E-state index in [1.165, 1.54) is 0 Å². The van der Waals surface area contributed by atoms with Gasteiger partial charge in [-0.3, -0.25) is 4.99 Å². The second-order valence-electron chi connectivity index (χ2n) is 2.97. The maximum Gasteiger partial charge on any atom is 0.126 e. The maximum absolute atomic E-state index is 13.3. The van der Waals surface area contributed by atoms with Gasteiger partial charge in [0.25, 0.3) is 0 Å². The van der Waals surface area contributed by atoms with Crippen LogP contribution in [0.25, 0.3) is 5.70 Å². The van der Waals surface area contributed by atoms with Gasteiger partial charge in [-0.15, -0.1) is 0 Å². The van der Waals surface area contributed by atoms with Crippen LogP contribution in [0, 0.1) is 0 Å². The Bertz CT molecular complexity index is 352. The van der Waals surface area contributed by atoms with Gasteiger partial charge >= 0.3 is 0 Å². The fourth-order valence-corrected chi connectivity index (χ4v) is 1.36. The minimum atomic E-state index is -0.103. The molecular formula is C11H10FN. The fourth-order valence-electron chi connectivity index (χ4n) is 1.36. The van der Waals surface area contributed by atoms with E-state index < -0.39 is 0 Å². The molecule has 0 radical (unpaired) electrons. The maximum atomic E-state index is 13.3. The van der Waals surface area contributed by atoms with E-state index in [0.717, 1.165) is 5.56 Å². The number of hydrogen-bond donors (Lipinski definition) is 0. The third kappa shape index (κ3) is 1.66. The molecule has 0 spiro atoms. The van der Waals surface area contributed by atoms with Crippen molar-refractivity contribution in [3.8, 4) is 0 Å². The Morgan fingerprint density at radius 3 is 2.62 bits per heavy atom. The Morgan fingerprint density at radius 1 is 1.15 bits per heavy atom. The van der Waals surface area contributed by atoms with Crippen LogP contribution in [0.1, 0.15) is 18.4 Å². The van der Waals surface area contributed by atoms with E-state index in [2.05, 4.69) is 4.99 Å². The number of rotatable bonds is 1. The lowest BCUT2D eigenvalue weighted by Gasteiger charge is -2.08. The average molecular weight is 175 g/mol. The van der Waals surface area contributed by atoms with E-state index in [-0.39, 0.29) is 5.83 Å². The molecule has 0 fully saturated rings. The van der Waals surface area contributed by atoms with Crippen LogP contribution in [0.2, 0.25) is 0 Å². The number of halogens is 1. The van der Waals surface area contributed by atoms with Gasteiger partial charge in [0.05, 0.1) is 0 Å². The molecule has 1 aromatic carbocycles. The fraction of sp³-hybridized carbons (Fsp3) is 0.182. The highest BCUT2D eigenvalue weighted by atomic mass is 19.1. The van der Waals surface area contributed by atoms with Crippen molar-refractivity contribution in [3.63, 3.8) is 0 Å². The molecule has 1 heterocycles. The summed E-state index contributed by atoms with van der Waals surface area (Å²) >= 11 is 0. The largest absolute Gasteiger partial charge is 0.258 e. The summed E-state index contributed by atoms with van der Waals surface area (Å²) in [6.45, 7) is 0. The van der Waals surface area contributed by atoms with Crippen LogP contribution < -0.4 is 0 Å². The van der Waals surface area contributed by atoms with Crippen LogP contribution in [0.5, 0.6) is 0 Å². The quantitative estimate of drug-likeness (QED) is 0.621. The molecule has 1 aliphatic heterocycles. The van der Waals surface area contributed by atoms with Crippen molar-refractivity contribution in [3.05, 3.63) is 41.7 Å². The zero-order valence-electron chi connectivity index (χ0n) is 7.20. The van der Waals surface area contributed by atoms with Crippen molar-refractivity contribution in [1.82, 2.24) is 0 Å². The monoisotopic (exact) mass is 175 g/mol. The molecule has 1 aliphatic rings. The zero-order chi connectivity index (χ0) is 9.10. The highest BCUT2D eigenvalue weighted by molar-refractivity contribution is 5.77. The van der Waals surface area contributed by atoms with Gasteiger partial charge < -0.3 is 0 Å². The average Bonchev–Trinajstić information content (AvgIpc) is 2.20. The lowest BCUT2D eigenvalue weighted by molar-refractivity contribution is 0.595. The first-order valence-corrected chi connectivity index (χ1v) is 4.34. The summed E-state index contributed by atoms with van der Waals surface area (Å²) in [6, 6.07) is 9.43. The topological polar surface area (TPSA) is 12.4 Å². The highest BCUT2D eigenvalue weighted by Gasteiger charge is 2.10. The molecule has 1 nitrogen and oxygen atoms in total. The third-order valence-corrected chi connectivity index (χ3v) is 2.02. The predicted molar refractivity (Wildman–Crippen MR) is 52.2 cm³/mol. The summed E-state index contributed by atoms with van der Waals surface area (Å²) in [5.41, 5.74) is 1.35. The molecule has 0 unspecified atom stereocenters. The molecule has 2 rings (SSSR count). The van der Waals surface area contributed by atoms with Gasteiger partial charge in [-0.05, 0) is 6.42 Å². The van der Waals surface area contributed by atoms with Gasteiger partial charge in [-0.1, -0.05) is 30.3 Å². The van der Waals surface area contributed by atoms with Crippen LogP contribution in [-0.4, -0.2) is 6.21 Å². The first kappa shape index (κ1) is 8.17. The summed E-state index contributed by atoms with van der Waals surface area (Å²) in [6.07, 6.45) is 2.96. The van der Waals surface area contributed by atoms with Gasteiger partial charge in [0.1, 0.15) is 11.5 Å². The van der Waals surface area contributed by atoms with E-state index in [1.54, 1.807) is 6.21 Å². The van der Waals surface area contributed by atoms with E-state index >= 15 is 0 Å². The summed E-state index contributed by atoms with van der Waals surface area (Å²) in [7, 11) is 0. The number of benzene rings is 1. The van der Waals surface area contributed by atoms with Gasteiger partial charge in [0, 0.05) is 18.2 Å². The Kier molecular flexibility index (Phi) is 2.21. The Morgan fingerprint density at radius 2 is 1.92 bits per heavy atom.